The number of rotatable bonds is 8. The summed E-state index contributed by atoms with van der Waals surface area (Å²) in [5, 5.41) is 9.27. The Balaban J connectivity index is 1.37. The fourth-order valence-corrected chi connectivity index (χ4v) is 5.20. The lowest BCUT2D eigenvalue weighted by Gasteiger charge is -2.36. The summed E-state index contributed by atoms with van der Waals surface area (Å²) in [6.07, 6.45) is 7.06. The van der Waals surface area contributed by atoms with Gasteiger partial charge in [-0.05, 0) is 68.2 Å². The van der Waals surface area contributed by atoms with Crippen LogP contribution in [0.2, 0.25) is 0 Å². The number of alkyl halides is 1. The molecule has 1 amide bonds. The van der Waals surface area contributed by atoms with Gasteiger partial charge in [0.25, 0.3) is 5.91 Å². The molecule has 40 heavy (non-hydrogen) atoms. The zero-order valence-corrected chi connectivity index (χ0v) is 23.0. The second kappa shape index (κ2) is 11.6. The van der Waals surface area contributed by atoms with Crippen LogP contribution < -0.4 is 4.90 Å². The highest BCUT2D eigenvalue weighted by molar-refractivity contribution is 5.97. The molecule has 3 aromatic rings. The van der Waals surface area contributed by atoms with Crippen molar-refractivity contribution in [2.45, 2.75) is 45.2 Å². The van der Waals surface area contributed by atoms with E-state index in [1.807, 2.05) is 35.2 Å². The zero-order valence-electron chi connectivity index (χ0n) is 23.0. The van der Waals surface area contributed by atoms with E-state index in [4.69, 9.17) is 9.97 Å². The maximum atomic E-state index is 14.4. The molecule has 1 aliphatic heterocycles. The molecule has 7 nitrogen and oxygen atoms in total. The van der Waals surface area contributed by atoms with Gasteiger partial charge in [-0.2, -0.15) is 0 Å². The van der Waals surface area contributed by atoms with Crippen molar-refractivity contribution >= 4 is 34.2 Å². The van der Waals surface area contributed by atoms with E-state index in [2.05, 4.69) is 17.0 Å². The van der Waals surface area contributed by atoms with Crippen LogP contribution in [0.3, 0.4) is 0 Å². The number of allylic oxidation sites excluding steroid dienone is 4. The molecule has 2 heterocycles. The molecule has 208 valence electrons. The maximum absolute atomic E-state index is 14.4. The highest BCUT2D eigenvalue weighted by Crippen LogP contribution is 2.31. The van der Waals surface area contributed by atoms with Crippen LogP contribution in [0.15, 0.2) is 66.8 Å². The van der Waals surface area contributed by atoms with Crippen LogP contribution in [0.25, 0.3) is 16.6 Å². The van der Waals surface area contributed by atoms with Gasteiger partial charge in [0.2, 0.25) is 0 Å². The number of benzene rings is 2. The molecule has 2 atom stereocenters. The van der Waals surface area contributed by atoms with E-state index < -0.39 is 17.6 Å². The fraction of sp³-hybridized carbons (Fsp3) is 0.375. The van der Waals surface area contributed by atoms with Crippen molar-refractivity contribution in [1.29, 1.82) is 0 Å². The minimum Gasteiger partial charge on any atom is -0.481 e. The molecule has 0 saturated carbocycles. The number of carboxylic acids is 1. The van der Waals surface area contributed by atoms with Gasteiger partial charge in [0.1, 0.15) is 5.67 Å². The summed E-state index contributed by atoms with van der Waals surface area (Å²) in [5.74, 6) is -1.31. The Bertz CT molecular complexity index is 1460. The number of aliphatic carboxylic acids is 1. The van der Waals surface area contributed by atoms with E-state index in [-0.39, 0.29) is 12.3 Å². The summed E-state index contributed by atoms with van der Waals surface area (Å²) in [6.45, 7) is 6.05. The second-order valence-electron chi connectivity index (χ2n) is 10.9. The smallest absolute Gasteiger partial charge is 0.306 e. The van der Waals surface area contributed by atoms with Crippen molar-refractivity contribution in [2.24, 2.45) is 5.92 Å². The number of nitrogens with zero attached hydrogens (tertiary/aromatic N) is 4. The van der Waals surface area contributed by atoms with Gasteiger partial charge in [0.05, 0.1) is 28.3 Å². The van der Waals surface area contributed by atoms with Crippen molar-refractivity contribution in [3.8, 4) is 0 Å². The van der Waals surface area contributed by atoms with Crippen LogP contribution >= 0.6 is 0 Å². The fourth-order valence-electron chi connectivity index (χ4n) is 5.20. The predicted octanol–water partition coefficient (Wildman–Crippen LogP) is 5.71. The number of piperazine rings is 1. The number of hydrogen-bond acceptors (Lipinski definition) is 5. The van der Waals surface area contributed by atoms with Gasteiger partial charge >= 0.3 is 5.97 Å². The van der Waals surface area contributed by atoms with Crippen molar-refractivity contribution in [2.75, 3.05) is 31.1 Å². The molecule has 2 unspecified atom stereocenters. The third-order valence-corrected chi connectivity index (χ3v) is 7.75. The lowest BCUT2D eigenvalue weighted by atomic mass is 9.92. The molecule has 8 heteroatoms. The molecule has 1 saturated heterocycles. The van der Waals surface area contributed by atoms with E-state index in [1.54, 1.807) is 31.2 Å². The van der Waals surface area contributed by atoms with Gasteiger partial charge in [0, 0.05) is 43.9 Å². The van der Waals surface area contributed by atoms with Crippen LogP contribution in [0.1, 0.15) is 54.9 Å². The first-order valence-corrected chi connectivity index (χ1v) is 13.9. The molecule has 0 spiro atoms. The monoisotopic (exact) mass is 542 g/mol. The SMILES string of the molecule is CC(CCCc1nc2cc(C(=O)N3CCN(c4ccccc4)CC3)ccc2nc1C1=CCC(C)(F)C=C1)C(=O)O. The highest BCUT2D eigenvalue weighted by Gasteiger charge is 2.25. The van der Waals surface area contributed by atoms with Crippen molar-refractivity contribution in [3.63, 3.8) is 0 Å². The Morgan fingerprint density at radius 2 is 1.80 bits per heavy atom. The van der Waals surface area contributed by atoms with E-state index in [0.717, 1.165) is 30.0 Å². The molecule has 2 aromatic carbocycles. The summed E-state index contributed by atoms with van der Waals surface area (Å²) in [7, 11) is 0. The lowest BCUT2D eigenvalue weighted by molar-refractivity contribution is -0.141. The quantitative estimate of drug-likeness (QED) is 0.393. The molecule has 1 N–H and O–H groups in total. The third kappa shape index (κ3) is 6.22. The van der Waals surface area contributed by atoms with Crippen molar-refractivity contribution in [1.82, 2.24) is 14.9 Å². The van der Waals surface area contributed by atoms with E-state index in [9.17, 15) is 19.1 Å². The summed E-state index contributed by atoms with van der Waals surface area (Å²) in [6, 6.07) is 15.6. The molecule has 1 aromatic heterocycles. The first kappa shape index (κ1) is 27.5. The van der Waals surface area contributed by atoms with E-state index >= 15 is 0 Å². The predicted molar refractivity (Wildman–Crippen MR) is 155 cm³/mol. The maximum Gasteiger partial charge on any atom is 0.306 e. The number of fused-ring (bicyclic) bond motifs is 1. The highest BCUT2D eigenvalue weighted by atomic mass is 19.1. The third-order valence-electron chi connectivity index (χ3n) is 7.75. The topological polar surface area (TPSA) is 86.6 Å². The number of carboxylic acid groups (broad SMARTS) is 1. The van der Waals surface area contributed by atoms with Gasteiger partial charge in [-0.15, -0.1) is 0 Å². The summed E-state index contributed by atoms with van der Waals surface area (Å²) in [5.41, 5.74) is 3.83. The summed E-state index contributed by atoms with van der Waals surface area (Å²) in [4.78, 5) is 38.7. The Morgan fingerprint density at radius 3 is 2.48 bits per heavy atom. The largest absolute Gasteiger partial charge is 0.481 e. The van der Waals surface area contributed by atoms with Crippen LogP contribution in [0.5, 0.6) is 0 Å². The second-order valence-corrected chi connectivity index (χ2v) is 10.9. The number of carbonyl (C=O) groups excluding carboxylic acids is 1. The van der Waals surface area contributed by atoms with Crippen LogP contribution in [-0.4, -0.2) is 63.7 Å². The molecule has 1 fully saturated rings. The molecular weight excluding hydrogens is 507 g/mol. The molecule has 0 radical (unpaired) electrons. The van der Waals surface area contributed by atoms with Gasteiger partial charge in [-0.25, -0.2) is 14.4 Å². The van der Waals surface area contributed by atoms with Gasteiger partial charge in [0.15, 0.2) is 0 Å². The number of anilines is 1. The Hall–Kier alpha value is -4.07. The lowest BCUT2D eigenvalue weighted by Crippen LogP contribution is -2.48. The Kier molecular flexibility index (Phi) is 7.96. The average molecular weight is 543 g/mol. The van der Waals surface area contributed by atoms with Gasteiger partial charge < -0.3 is 14.9 Å². The normalized spacial score (nSPS) is 19.9. The van der Waals surface area contributed by atoms with Gasteiger partial charge in [-0.3, -0.25) is 9.59 Å². The van der Waals surface area contributed by atoms with Gasteiger partial charge in [-0.1, -0.05) is 37.3 Å². The Morgan fingerprint density at radius 1 is 1.05 bits per heavy atom. The van der Waals surface area contributed by atoms with Crippen LogP contribution in [0, 0.1) is 5.92 Å². The van der Waals surface area contributed by atoms with Crippen molar-refractivity contribution in [3.05, 3.63) is 83.7 Å². The molecular formula is C32H35FN4O3. The molecule has 2 aliphatic rings. The van der Waals surface area contributed by atoms with Crippen LogP contribution in [0.4, 0.5) is 10.1 Å². The number of hydrogen-bond donors (Lipinski definition) is 1. The number of halogens is 1. The molecule has 5 rings (SSSR count). The zero-order chi connectivity index (χ0) is 28.3. The number of carbonyl (C=O) groups is 2. The number of aryl methyl sites for hydroxylation is 1. The summed E-state index contributed by atoms with van der Waals surface area (Å²) >= 11 is 0. The number of para-hydroxylation sites is 1. The van der Waals surface area contributed by atoms with Crippen molar-refractivity contribution < 1.29 is 19.1 Å². The Labute approximate surface area is 234 Å². The molecule has 0 bridgehead atoms. The van der Waals surface area contributed by atoms with E-state index in [1.165, 1.54) is 6.92 Å². The average Bonchev–Trinajstić information content (AvgIpc) is 2.96. The minimum atomic E-state index is -1.40. The van der Waals surface area contributed by atoms with E-state index in [0.29, 0.717) is 54.6 Å². The number of amides is 1. The standard InChI is InChI=1S/C32H35FN4O3/c1-22(31(39)40)7-6-10-27-29(23-13-15-32(2,33)16-14-23)35-26-12-11-24(21-28(26)34-27)30(38)37-19-17-36(18-20-37)25-8-4-3-5-9-25/h3-5,8-9,11-15,21-22H,6-7,10,16-20H2,1-2H3,(H,39,40). The minimum absolute atomic E-state index is 0.0301. The summed E-state index contributed by atoms with van der Waals surface area (Å²) < 4.78 is 14.4. The molecule has 1 aliphatic carbocycles. The first-order valence-electron chi connectivity index (χ1n) is 13.9. The number of aromatic nitrogens is 2. The van der Waals surface area contributed by atoms with Crippen LogP contribution in [-0.2, 0) is 11.2 Å². The first-order chi connectivity index (χ1) is 19.2.